The fourth-order valence-electron chi connectivity index (χ4n) is 0.903. The predicted octanol–water partition coefficient (Wildman–Crippen LogP) is -0.114. The SMILES string of the molecule is COC(=O)C#Cc1cnc(C(=O)O)c(N)c1. The number of ether oxygens (including phenoxy) is 1. The molecule has 0 atom stereocenters. The van der Waals surface area contributed by atoms with Crippen LogP contribution in [0.15, 0.2) is 12.3 Å². The molecule has 0 aromatic carbocycles. The molecule has 6 heteroatoms. The van der Waals surface area contributed by atoms with E-state index in [4.69, 9.17) is 10.8 Å². The van der Waals surface area contributed by atoms with Crippen molar-refractivity contribution >= 4 is 17.6 Å². The van der Waals surface area contributed by atoms with Crippen LogP contribution in [0.25, 0.3) is 0 Å². The Hall–Kier alpha value is -2.55. The molecule has 0 saturated heterocycles. The van der Waals surface area contributed by atoms with E-state index in [9.17, 15) is 9.59 Å². The zero-order chi connectivity index (χ0) is 12.1. The van der Waals surface area contributed by atoms with Gasteiger partial charge >= 0.3 is 11.9 Å². The summed E-state index contributed by atoms with van der Waals surface area (Å²) >= 11 is 0. The number of methoxy groups -OCH3 is 1. The van der Waals surface area contributed by atoms with Gasteiger partial charge in [0.15, 0.2) is 5.69 Å². The molecule has 0 bridgehead atoms. The van der Waals surface area contributed by atoms with Crippen LogP contribution < -0.4 is 5.73 Å². The van der Waals surface area contributed by atoms with Crippen LogP contribution >= 0.6 is 0 Å². The van der Waals surface area contributed by atoms with Crippen LogP contribution in [0.3, 0.4) is 0 Å². The van der Waals surface area contributed by atoms with Gasteiger partial charge in [-0.15, -0.1) is 0 Å². The Balaban J connectivity index is 3.01. The van der Waals surface area contributed by atoms with Gasteiger partial charge < -0.3 is 15.6 Å². The van der Waals surface area contributed by atoms with Gasteiger partial charge in [-0.2, -0.15) is 0 Å². The summed E-state index contributed by atoms with van der Waals surface area (Å²) in [5.74, 6) is 2.70. The summed E-state index contributed by atoms with van der Waals surface area (Å²) in [6, 6.07) is 1.33. The molecule has 1 aromatic heterocycles. The number of esters is 1. The average molecular weight is 220 g/mol. The third-order valence-corrected chi connectivity index (χ3v) is 1.61. The van der Waals surface area contributed by atoms with E-state index >= 15 is 0 Å². The number of rotatable bonds is 1. The molecule has 0 amide bonds. The number of pyridine rings is 1. The monoisotopic (exact) mass is 220 g/mol. The van der Waals surface area contributed by atoms with Gasteiger partial charge in [0.05, 0.1) is 12.8 Å². The van der Waals surface area contributed by atoms with Crippen molar-refractivity contribution in [3.63, 3.8) is 0 Å². The minimum Gasteiger partial charge on any atom is -0.476 e. The number of nitrogen functional groups attached to an aromatic ring is 1. The molecule has 0 spiro atoms. The molecule has 16 heavy (non-hydrogen) atoms. The van der Waals surface area contributed by atoms with E-state index in [0.717, 1.165) is 0 Å². The Morgan fingerprint density at radius 1 is 1.56 bits per heavy atom. The van der Waals surface area contributed by atoms with Crippen LogP contribution in [0, 0.1) is 11.8 Å². The lowest BCUT2D eigenvalue weighted by Crippen LogP contribution is -2.05. The van der Waals surface area contributed by atoms with E-state index in [1.807, 2.05) is 0 Å². The number of hydrogen-bond acceptors (Lipinski definition) is 5. The van der Waals surface area contributed by atoms with E-state index < -0.39 is 11.9 Å². The Labute approximate surface area is 91.0 Å². The van der Waals surface area contributed by atoms with Crippen molar-refractivity contribution in [2.24, 2.45) is 0 Å². The lowest BCUT2D eigenvalue weighted by Gasteiger charge is -1.98. The first-order valence-electron chi connectivity index (χ1n) is 4.13. The standard InChI is InChI=1S/C10H8N2O4/c1-16-8(13)3-2-6-4-7(11)9(10(14)15)12-5-6/h4-5H,11H2,1H3,(H,14,15). The molecule has 1 heterocycles. The molecule has 0 aliphatic rings. The summed E-state index contributed by atoms with van der Waals surface area (Å²) in [6.45, 7) is 0. The highest BCUT2D eigenvalue weighted by Crippen LogP contribution is 2.09. The van der Waals surface area contributed by atoms with Gasteiger partial charge in [0, 0.05) is 17.7 Å². The number of carboxylic acid groups (broad SMARTS) is 1. The first-order valence-corrected chi connectivity index (χ1v) is 4.13. The van der Waals surface area contributed by atoms with Gasteiger partial charge in [-0.3, -0.25) is 0 Å². The molecule has 3 N–H and O–H groups in total. The highest BCUT2D eigenvalue weighted by atomic mass is 16.5. The zero-order valence-electron chi connectivity index (χ0n) is 8.35. The molecular formula is C10H8N2O4. The van der Waals surface area contributed by atoms with Gasteiger partial charge in [-0.05, 0) is 6.07 Å². The Morgan fingerprint density at radius 2 is 2.25 bits per heavy atom. The van der Waals surface area contributed by atoms with Crippen molar-refractivity contribution in [3.8, 4) is 11.8 Å². The van der Waals surface area contributed by atoms with Crippen LogP contribution in [-0.2, 0) is 9.53 Å². The lowest BCUT2D eigenvalue weighted by atomic mass is 10.2. The normalized spacial score (nSPS) is 8.81. The van der Waals surface area contributed by atoms with Crippen molar-refractivity contribution in [1.82, 2.24) is 4.98 Å². The van der Waals surface area contributed by atoms with Crippen LogP contribution in [0.4, 0.5) is 5.69 Å². The predicted molar refractivity (Wildman–Crippen MR) is 54.5 cm³/mol. The topological polar surface area (TPSA) is 103 Å². The number of hydrogen-bond donors (Lipinski definition) is 2. The number of carbonyl (C=O) groups is 2. The van der Waals surface area contributed by atoms with Crippen molar-refractivity contribution in [3.05, 3.63) is 23.5 Å². The van der Waals surface area contributed by atoms with E-state index in [1.165, 1.54) is 19.4 Å². The third kappa shape index (κ3) is 2.72. The van der Waals surface area contributed by atoms with Gasteiger partial charge in [0.2, 0.25) is 0 Å². The maximum atomic E-state index is 10.7. The zero-order valence-corrected chi connectivity index (χ0v) is 8.35. The molecular weight excluding hydrogens is 212 g/mol. The first kappa shape index (κ1) is 11.5. The molecule has 6 nitrogen and oxygen atoms in total. The number of anilines is 1. The number of aromatic carboxylic acids is 1. The first-order chi connectivity index (χ1) is 7.54. The Kier molecular flexibility index (Phi) is 3.45. The molecule has 0 aliphatic carbocycles. The van der Waals surface area contributed by atoms with Gasteiger partial charge in [-0.25, -0.2) is 14.6 Å². The summed E-state index contributed by atoms with van der Waals surface area (Å²) in [7, 11) is 1.21. The van der Waals surface area contributed by atoms with Gasteiger partial charge in [0.1, 0.15) is 0 Å². The summed E-state index contributed by atoms with van der Waals surface area (Å²) in [4.78, 5) is 24.9. The number of carbonyl (C=O) groups excluding carboxylic acids is 1. The van der Waals surface area contributed by atoms with Crippen LogP contribution in [0.5, 0.6) is 0 Å². The summed E-state index contributed by atoms with van der Waals surface area (Å²) in [5.41, 5.74) is 5.52. The van der Waals surface area contributed by atoms with Crippen molar-refractivity contribution in [1.29, 1.82) is 0 Å². The number of aromatic nitrogens is 1. The second-order valence-corrected chi connectivity index (χ2v) is 2.71. The smallest absolute Gasteiger partial charge is 0.384 e. The second-order valence-electron chi connectivity index (χ2n) is 2.71. The van der Waals surface area contributed by atoms with E-state index in [0.29, 0.717) is 5.56 Å². The van der Waals surface area contributed by atoms with E-state index in [-0.39, 0.29) is 11.4 Å². The molecule has 0 unspecified atom stereocenters. The quantitative estimate of drug-likeness (QED) is 0.505. The number of nitrogens with two attached hydrogens (primary N) is 1. The minimum absolute atomic E-state index is 0.0100. The van der Waals surface area contributed by atoms with Crippen LogP contribution in [-0.4, -0.2) is 29.1 Å². The third-order valence-electron chi connectivity index (χ3n) is 1.61. The van der Waals surface area contributed by atoms with Crippen molar-refractivity contribution in [2.45, 2.75) is 0 Å². The summed E-state index contributed by atoms with van der Waals surface area (Å²) < 4.78 is 4.31. The van der Waals surface area contributed by atoms with Crippen LogP contribution in [0.1, 0.15) is 16.1 Å². The second kappa shape index (κ2) is 4.79. The van der Waals surface area contributed by atoms with Crippen LogP contribution in [0.2, 0.25) is 0 Å². The Morgan fingerprint density at radius 3 is 2.75 bits per heavy atom. The van der Waals surface area contributed by atoms with Crippen molar-refractivity contribution in [2.75, 3.05) is 12.8 Å². The van der Waals surface area contributed by atoms with Gasteiger partial charge in [-0.1, -0.05) is 5.92 Å². The molecule has 0 fully saturated rings. The Bertz CT molecular complexity index is 499. The molecule has 0 saturated carbocycles. The summed E-state index contributed by atoms with van der Waals surface area (Å²) in [5, 5.41) is 8.66. The minimum atomic E-state index is -1.22. The van der Waals surface area contributed by atoms with E-state index in [1.54, 1.807) is 0 Å². The molecule has 82 valence electrons. The highest BCUT2D eigenvalue weighted by Gasteiger charge is 2.09. The fourth-order valence-corrected chi connectivity index (χ4v) is 0.903. The summed E-state index contributed by atoms with van der Waals surface area (Å²) in [6.07, 6.45) is 1.22. The molecule has 1 rings (SSSR count). The lowest BCUT2D eigenvalue weighted by molar-refractivity contribution is -0.133. The maximum Gasteiger partial charge on any atom is 0.384 e. The molecule has 0 aliphatic heterocycles. The molecule has 1 aromatic rings. The van der Waals surface area contributed by atoms with Crippen molar-refractivity contribution < 1.29 is 19.4 Å². The maximum absolute atomic E-state index is 10.7. The largest absolute Gasteiger partial charge is 0.476 e. The van der Waals surface area contributed by atoms with E-state index in [2.05, 4.69) is 21.6 Å². The molecule has 0 radical (unpaired) electrons. The number of carboxylic acids is 1. The van der Waals surface area contributed by atoms with Gasteiger partial charge in [0.25, 0.3) is 0 Å². The highest BCUT2D eigenvalue weighted by molar-refractivity contribution is 5.92. The number of nitrogens with zero attached hydrogens (tertiary/aromatic N) is 1. The average Bonchev–Trinajstić information content (AvgIpc) is 2.25. The fraction of sp³-hybridized carbons (Fsp3) is 0.100.